The Labute approximate surface area is 105 Å². The van der Waals surface area contributed by atoms with Crippen molar-refractivity contribution in [2.24, 2.45) is 0 Å². The predicted molar refractivity (Wildman–Crippen MR) is 72.3 cm³/mol. The van der Waals surface area contributed by atoms with E-state index in [1.165, 1.54) is 30.2 Å². The molecule has 0 saturated carbocycles. The zero-order chi connectivity index (χ0) is 11.2. The molecule has 1 saturated heterocycles. The van der Waals surface area contributed by atoms with Gasteiger partial charge in [0.25, 0.3) is 0 Å². The van der Waals surface area contributed by atoms with Crippen LogP contribution in [0.15, 0.2) is 5.38 Å². The van der Waals surface area contributed by atoms with Crippen LogP contribution in [0.25, 0.3) is 0 Å². The Bertz CT molecular complexity index is 308. The normalized spacial score (nSPS) is 21.2. The van der Waals surface area contributed by atoms with E-state index in [0.717, 1.165) is 18.1 Å². The lowest BCUT2D eigenvalue weighted by Crippen LogP contribution is -2.39. The van der Waals surface area contributed by atoms with Gasteiger partial charge in [-0.25, -0.2) is 4.98 Å². The molecule has 2 heterocycles. The van der Waals surface area contributed by atoms with E-state index < -0.39 is 0 Å². The molecule has 16 heavy (non-hydrogen) atoms. The first kappa shape index (κ1) is 12.4. The largest absolute Gasteiger partial charge is 0.312 e. The van der Waals surface area contributed by atoms with Gasteiger partial charge in [-0.2, -0.15) is 11.8 Å². The van der Waals surface area contributed by atoms with Crippen molar-refractivity contribution >= 4 is 23.1 Å². The first-order valence-electron chi connectivity index (χ1n) is 5.77. The second kappa shape index (κ2) is 6.59. The highest BCUT2D eigenvalue weighted by molar-refractivity contribution is 7.99. The van der Waals surface area contributed by atoms with Crippen LogP contribution >= 0.6 is 23.1 Å². The Balaban J connectivity index is 1.57. The van der Waals surface area contributed by atoms with Crippen LogP contribution in [0.5, 0.6) is 0 Å². The smallest absolute Gasteiger partial charge is 0.0897 e. The molecule has 0 aliphatic carbocycles. The zero-order valence-corrected chi connectivity index (χ0v) is 11.3. The summed E-state index contributed by atoms with van der Waals surface area (Å²) >= 11 is 3.78. The zero-order valence-electron chi connectivity index (χ0n) is 9.66. The van der Waals surface area contributed by atoms with E-state index in [9.17, 15) is 0 Å². The van der Waals surface area contributed by atoms with Crippen LogP contribution in [-0.4, -0.2) is 35.6 Å². The molecule has 1 unspecified atom stereocenters. The lowest BCUT2D eigenvalue weighted by Gasteiger charge is -2.22. The maximum Gasteiger partial charge on any atom is 0.0897 e. The maximum absolute atomic E-state index is 4.43. The van der Waals surface area contributed by atoms with Crippen molar-refractivity contribution in [2.45, 2.75) is 25.9 Å². The van der Waals surface area contributed by atoms with Gasteiger partial charge in [0.15, 0.2) is 0 Å². The molecule has 2 N–H and O–H groups in total. The van der Waals surface area contributed by atoms with Gasteiger partial charge in [-0.05, 0) is 19.9 Å². The number of aryl methyl sites for hydroxylation is 1. The number of aromatic nitrogens is 1. The summed E-state index contributed by atoms with van der Waals surface area (Å²) in [6.45, 7) is 5.21. The van der Waals surface area contributed by atoms with Gasteiger partial charge in [-0.3, -0.25) is 0 Å². The summed E-state index contributed by atoms with van der Waals surface area (Å²) in [6, 6.07) is 0.698. The lowest BCUT2D eigenvalue weighted by atomic mass is 10.2. The van der Waals surface area contributed by atoms with Crippen molar-refractivity contribution in [1.82, 2.24) is 15.6 Å². The average Bonchev–Trinajstić information content (AvgIpc) is 2.72. The summed E-state index contributed by atoms with van der Waals surface area (Å²) in [5.74, 6) is 2.53. The molecule has 0 aromatic carbocycles. The van der Waals surface area contributed by atoms with Gasteiger partial charge in [-0.15, -0.1) is 11.3 Å². The third kappa shape index (κ3) is 4.05. The Hall–Kier alpha value is -0.100. The van der Waals surface area contributed by atoms with Gasteiger partial charge in [0, 0.05) is 36.0 Å². The van der Waals surface area contributed by atoms with Crippen LogP contribution in [0.2, 0.25) is 0 Å². The third-order valence-corrected chi connectivity index (χ3v) is 4.59. The molecule has 1 aromatic rings. The van der Waals surface area contributed by atoms with E-state index in [4.69, 9.17) is 0 Å². The third-order valence-electron chi connectivity index (χ3n) is 2.64. The van der Waals surface area contributed by atoms with E-state index in [-0.39, 0.29) is 0 Å². The summed E-state index contributed by atoms with van der Waals surface area (Å²) < 4.78 is 0. The highest BCUT2D eigenvalue weighted by atomic mass is 32.2. The molecule has 1 aliphatic heterocycles. The molecule has 0 amide bonds. The van der Waals surface area contributed by atoms with Crippen LogP contribution in [0, 0.1) is 6.92 Å². The lowest BCUT2D eigenvalue weighted by molar-refractivity contribution is 0.502. The van der Waals surface area contributed by atoms with Crippen LogP contribution in [-0.2, 0) is 6.54 Å². The van der Waals surface area contributed by atoms with Crippen molar-refractivity contribution in [1.29, 1.82) is 0 Å². The van der Waals surface area contributed by atoms with E-state index in [1.807, 2.05) is 0 Å². The monoisotopic (exact) mass is 257 g/mol. The number of nitrogens with zero attached hydrogens (tertiary/aromatic N) is 1. The van der Waals surface area contributed by atoms with Gasteiger partial charge in [0.05, 0.1) is 10.7 Å². The van der Waals surface area contributed by atoms with E-state index >= 15 is 0 Å². The van der Waals surface area contributed by atoms with Gasteiger partial charge in [0.1, 0.15) is 0 Å². The first-order valence-corrected chi connectivity index (χ1v) is 7.81. The Kier molecular flexibility index (Phi) is 5.09. The van der Waals surface area contributed by atoms with Crippen molar-refractivity contribution < 1.29 is 0 Å². The van der Waals surface area contributed by atoms with Gasteiger partial charge in [0.2, 0.25) is 0 Å². The SMILES string of the molecule is Cc1nc(CNCCC2CSCCN2)cs1. The van der Waals surface area contributed by atoms with Crippen molar-refractivity contribution in [3.8, 4) is 0 Å². The standard InChI is InChI=1S/C11H19N3S2/c1-9-14-11(8-16-9)6-12-3-2-10-7-15-5-4-13-10/h8,10,12-13H,2-7H2,1H3. The second-order valence-corrected chi connectivity index (χ2v) is 6.26. The highest BCUT2D eigenvalue weighted by Crippen LogP contribution is 2.10. The number of hydrogen-bond acceptors (Lipinski definition) is 5. The number of rotatable bonds is 5. The number of thiazole rings is 1. The van der Waals surface area contributed by atoms with Crippen LogP contribution in [0.3, 0.4) is 0 Å². The minimum absolute atomic E-state index is 0.698. The van der Waals surface area contributed by atoms with Crippen LogP contribution in [0.4, 0.5) is 0 Å². The number of hydrogen-bond donors (Lipinski definition) is 2. The predicted octanol–water partition coefficient (Wildman–Crippen LogP) is 1.64. The van der Waals surface area contributed by atoms with Crippen molar-refractivity contribution in [3.05, 3.63) is 16.1 Å². The Morgan fingerprint density at radius 3 is 3.25 bits per heavy atom. The van der Waals surface area contributed by atoms with E-state index in [2.05, 4.69) is 39.7 Å². The molecular formula is C11H19N3S2. The first-order chi connectivity index (χ1) is 7.84. The Morgan fingerprint density at radius 2 is 2.56 bits per heavy atom. The minimum atomic E-state index is 0.698. The number of nitrogens with one attached hydrogen (secondary N) is 2. The molecular weight excluding hydrogens is 238 g/mol. The summed E-state index contributed by atoms with van der Waals surface area (Å²) in [4.78, 5) is 4.43. The maximum atomic E-state index is 4.43. The summed E-state index contributed by atoms with van der Waals surface area (Å²) in [5, 5.41) is 10.3. The summed E-state index contributed by atoms with van der Waals surface area (Å²) in [6.07, 6.45) is 1.22. The fourth-order valence-electron chi connectivity index (χ4n) is 1.79. The van der Waals surface area contributed by atoms with E-state index in [0.29, 0.717) is 6.04 Å². The number of thioether (sulfide) groups is 1. The molecule has 3 nitrogen and oxygen atoms in total. The molecule has 1 fully saturated rings. The Morgan fingerprint density at radius 1 is 1.62 bits per heavy atom. The minimum Gasteiger partial charge on any atom is -0.312 e. The molecule has 5 heteroatoms. The van der Waals surface area contributed by atoms with Crippen LogP contribution in [0.1, 0.15) is 17.1 Å². The second-order valence-electron chi connectivity index (χ2n) is 4.05. The fourth-order valence-corrected chi connectivity index (χ4v) is 3.40. The van der Waals surface area contributed by atoms with E-state index in [1.54, 1.807) is 11.3 Å². The molecule has 1 aliphatic rings. The molecule has 0 radical (unpaired) electrons. The van der Waals surface area contributed by atoms with Crippen molar-refractivity contribution in [2.75, 3.05) is 24.6 Å². The van der Waals surface area contributed by atoms with Gasteiger partial charge >= 0.3 is 0 Å². The van der Waals surface area contributed by atoms with Gasteiger partial charge in [-0.1, -0.05) is 0 Å². The van der Waals surface area contributed by atoms with Crippen molar-refractivity contribution in [3.63, 3.8) is 0 Å². The molecule has 2 rings (SSSR count). The highest BCUT2D eigenvalue weighted by Gasteiger charge is 2.11. The summed E-state index contributed by atoms with van der Waals surface area (Å²) in [7, 11) is 0. The molecule has 90 valence electrons. The molecule has 1 aromatic heterocycles. The van der Waals surface area contributed by atoms with Crippen LogP contribution < -0.4 is 10.6 Å². The molecule has 1 atom stereocenters. The molecule has 0 spiro atoms. The topological polar surface area (TPSA) is 37.0 Å². The fraction of sp³-hybridized carbons (Fsp3) is 0.727. The molecule has 0 bridgehead atoms. The average molecular weight is 257 g/mol. The van der Waals surface area contributed by atoms with Gasteiger partial charge < -0.3 is 10.6 Å². The quantitative estimate of drug-likeness (QED) is 0.786. The summed E-state index contributed by atoms with van der Waals surface area (Å²) in [5.41, 5.74) is 1.17.